The zero-order chi connectivity index (χ0) is 10.1. The number of aromatic hydroxyl groups is 1. The van der Waals surface area contributed by atoms with Crippen molar-refractivity contribution in [3.05, 3.63) is 35.9 Å². The molecule has 0 bridgehead atoms. The van der Waals surface area contributed by atoms with Crippen LogP contribution in [0.1, 0.15) is 30.0 Å². The van der Waals surface area contributed by atoms with Crippen LogP contribution in [0, 0.1) is 5.92 Å². The number of phenols is 1. The third-order valence-electron chi connectivity index (χ3n) is 2.78. The molecular weight excluding hydrogens is 174 g/mol. The van der Waals surface area contributed by atoms with Crippen molar-refractivity contribution >= 4 is 6.08 Å². The van der Waals surface area contributed by atoms with Crippen LogP contribution in [-0.4, -0.2) is 5.11 Å². The van der Waals surface area contributed by atoms with Crippen molar-refractivity contribution < 1.29 is 5.11 Å². The first-order valence-electron chi connectivity index (χ1n) is 4.93. The van der Waals surface area contributed by atoms with Crippen LogP contribution in [0.4, 0.5) is 0 Å². The van der Waals surface area contributed by atoms with E-state index in [1.165, 1.54) is 12.8 Å². The molecule has 1 aliphatic rings. The maximum atomic E-state index is 9.66. The van der Waals surface area contributed by atoms with Gasteiger partial charge in [0, 0.05) is 11.6 Å². The summed E-state index contributed by atoms with van der Waals surface area (Å²) in [4.78, 5) is 0. The van der Waals surface area contributed by atoms with Gasteiger partial charge in [-0.05, 0) is 36.5 Å². The fourth-order valence-electron chi connectivity index (χ4n) is 1.68. The molecule has 74 valence electrons. The van der Waals surface area contributed by atoms with Crippen molar-refractivity contribution in [1.29, 1.82) is 0 Å². The van der Waals surface area contributed by atoms with Gasteiger partial charge in [0.05, 0.1) is 0 Å². The predicted octanol–water partition coefficient (Wildman–Crippen LogP) is 2.45. The molecule has 0 amide bonds. The van der Waals surface area contributed by atoms with Crippen molar-refractivity contribution in [1.82, 2.24) is 0 Å². The summed E-state index contributed by atoms with van der Waals surface area (Å²) < 4.78 is 0. The highest BCUT2D eigenvalue weighted by Gasteiger charge is 2.30. The van der Waals surface area contributed by atoms with Crippen LogP contribution in [0.15, 0.2) is 24.8 Å². The molecule has 1 aromatic rings. The van der Waals surface area contributed by atoms with E-state index >= 15 is 0 Å². The van der Waals surface area contributed by atoms with Gasteiger partial charge in [-0.25, -0.2) is 0 Å². The Morgan fingerprint density at radius 3 is 2.79 bits per heavy atom. The number of nitrogens with two attached hydrogens (primary N) is 1. The summed E-state index contributed by atoms with van der Waals surface area (Å²) in [5.41, 5.74) is 7.89. The third-order valence-corrected chi connectivity index (χ3v) is 2.78. The van der Waals surface area contributed by atoms with Crippen LogP contribution in [0.25, 0.3) is 6.08 Å². The maximum absolute atomic E-state index is 9.66. The van der Waals surface area contributed by atoms with Gasteiger partial charge in [-0.15, -0.1) is 0 Å². The third kappa shape index (κ3) is 1.66. The van der Waals surface area contributed by atoms with E-state index in [0.717, 1.165) is 11.1 Å². The molecule has 0 heterocycles. The molecule has 1 atom stereocenters. The summed E-state index contributed by atoms with van der Waals surface area (Å²) in [5, 5.41) is 9.66. The summed E-state index contributed by atoms with van der Waals surface area (Å²) in [6, 6.07) is 5.43. The Bertz CT molecular complexity index is 355. The van der Waals surface area contributed by atoms with Crippen molar-refractivity contribution in [2.24, 2.45) is 11.7 Å². The predicted molar refractivity (Wildman–Crippen MR) is 57.9 cm³/mol. The molecule has 2 rings (SSSR count). The molecule has 0 spiro atoms. The van der Waals surface area contributed by atoms with Crippen molar-refractivity contribution in [3.63, 3.8) is 0 Å². The van der Waals surface area contributed by atoms with Crippen molar-refractivity contribution in [2.75, 3.05) is 0 Å². The van der Waals surface area contributed by atoms with E-state index < -0.39 is 0 Å². The minimum Gasteiger partial charge on any atom is -0.508 e. The summed E-state index contributed by atoms with van der Waals surface area (Å²) in [6.45, 7) is 3.70. The van der Waals surface area contributed by atoms with Gasteiger partial charge in [0.25, 0.3) is 0 Å². The van der Waals surface area contributed by atoms with Gasteiger partial charge < -0.3 is 10.8 Å². The lowest BCUT2D eigenvalue weighted by Gasteiger charge is -2.13. The fraction of sp³-hybridized carbons (Fsp3) is 0.333. The van der Waals surface area contributed by atoms with Crippen LogP contribution >= 0.6 is 0 Å². The molecule has 1 fully saturated rings. The summed E-state index contributed by atoms with van der Waals surface area (Å²) >= 11 is 0. The molecule has 14 heavy (non-hydrogen) atoms. The van der Waals surface area contributed by atoms with Gasteiger partial charge in [0.15, 0.2) is 0 Å². The second-order valence-electron chi connectivity index (χ2n) is 3.89. The first kappa shape index (κ1) is 9.28. The molecule has 2 nitrogen and oxygen atoms in total. The second kappa shape index (κ2) is 3.46. The number of hydrogen-bond donors (Lipinski definition) is 2. The van der Waals surface area contributed by atoms with Gasteiger partial charge in [-0.1, -0.05) is 18.7 Å². The van der Waals surface area contributed by atoms with E-state index in [9.17, 15) is 5.11 Å². The van der Waals surface area contributed by atoms with Gasteiger partial charge in [0.1, 0.15) is 5.75 Å². The van der Waals surface area contributed by atoms with Crippen LogP contribution in [0.3, 0.4) is 0 Å². The highest BCUT2D eigenvalue weighted by Crippen LogP contribution is 2.42. The number of rotatable bonds is 3. The van der Waals surface area contributed by atoms with E-state index in [2.05, 4.69) is 6.58 Å². The Hall–Kier alpha value is -1.28. The van der Waals surface area contributed by atoms with E-state index in [4.69, 9.17) is 5.73 Å². The summed E-state index contributed by atoms with van der Waals surface area (Å²) in [7, 11) is 0. The second-order valence-corrected chi connectivity index (χ2v) is 3.89. The molecule has 0 radical (unpaired) electrons. The van der Waals surface area contributed by atoms with Gasteiger partial charge in [-0.3, -0.25) is 0 Å². The molecule has 1 aromatic carbocycles. The largest absolute Gasteiger partial charge is 0.508 e. The molecule has 2 heteroatoms. The van der Waals surface area contributed by atoms with E-state index in [1.807, 2.05) is 12.1 Å². The summed E-state index contributed by atoms with van der Waals surface area (Å²) in [6.07, 6.45) is 4.13. The van der Waals surface area contributed by atoms with Crippen molar-refractivity contribution in [2.45, 2.75) is 18.9 Å². The molecule has 0 unspecified atom stereocenters. The molecule has 1 saturated carbocycles. The van der Waals surface area contributed by atoms with E-state index in [-0.39, 0.29) is 6.04 Å². The smallest absolute Gasteiger partial charge is 0.120 e. The molecule has 3 N–H and O–H groups in total. The van der Waals surface area contributed by atoms with Crippen LogP contribution in [0.2, 0.25) is 0 Å². The van der Waals surface area contributed by atoms with Crippen LogP contribution in [0.5, 0.6) is 5.75 Å². The van der Waals surface area contributed by atoms with Gasteiger partial charge >= 0.3 is 0 Å². The van der Waals surface area contributed by atoms with Gasteiger partial charge in [-0.2, -0.15) is 0 Å². The Labute approximate surface area is 84.1 Å². The minimum atomic E-state index is -0.0186. The van der Waals surface area contributed by atoms with Crippen LogP contribution < -0.4 is 5.73 Å². The topological polar surface area (TPSA) is 46.2 Å². The normalized spacial score (nSPS) is 17.8. The Balaban J connectivity index is 2.33. The minimum absolute atomic E-state index is 0.0186. The Kier molecular flexibility index (Phi) is 2.30. The fourth-order valence-corrected chi connectivity index (χ4v) is 1.68. The maximum Gasteiger partial charge on any atom is 0.120 e. The molecular formula is C12H15NO. The quantitative estimate of drug-likeness (QED) is 0.767. The Morgan fingerprint density at radius 1 is 1.50 bits per heavy atom. The monoisotopic (exact) mass is 189 g/mol. The SMILES string of the molecule is C=Cc1ccc(O)c([C@H](N)C2CC2)c1. The zero-order valence-corrected chi connectivity index (χ0v) is 8.11. The standard InChI is InChI=1S/C12H15NO/c1-2-8-3-6-11(14)10(7-8)12(13)9-4-5-9/h2-3,6-7,9,12,14H,1,4-5,13H2/t12-/m1/s1. The lowest BCUT2D eigenvalue weighted by molar-refractivity contribution is 0.456. The highest BCUT2D eigenvalue weighted by molar-refractivity contribution is 5.52. The number of hydrogen-bond acceptors (Lipinski definition) is 2. The molecule has 0 aliphatic heterocycles. The Morgan fingerprint density at radius 2 is 2.21 bits per heavy atom. The molecule has 0 aromatic heterocycles. The average molecular weight is 189 g/mol. The average Bonchev–Trinajstić information content (AvgIpc) is 3.01. The zero-order valence-electron chi connectivity index (χ0n) is 8.11. The highest BCUT2D eigenvalue weighted by atomic mass is 16.3. The lowest BCUT2D eigenvalue weighted by atomic mass is 10.00. The number of phenolic OH excluding ortho intramolecular Hbond substituents is 1. The first-order valence-corrected chi connectivity index (χ1v) is 4.93. The number of benzene rings is 1. The molecule has 0 saturated heterocycles. The van der Waals surface area contributed by atoms with E-state index in [1.54, 1.807) is 12.1 Å². The molecule has 1 aliphatic carbocycles. The van der Waals surface area contributed by atoms with Crippen molar-refractivity contribution in [3.8, 4) is 5.75 Å². The summed E-state index contributed by atoms with van der Waals surface area (Å²) in [5.74, 6) is 0.857. The van der Waals surface area contributed by atoms with Crippen LogP contribution in [-0.2, 0) is 0 Å². The lowest BCUT2D eigenvalue weighted by Crippen LogP contribution is -2.12. The first-order chi connectivity index (χ1) is 6.72. The van der Waals surface area contributed by atoms with Gasteiger partial charge in [0.2, 0.25) is 0 Å². The van der Waals surface area contributed by atoms with E-state index in [0.29, 0.717) is 11.7 Å².